The van der Waals surface area contributed by atoms with Crippen molar-refractivity contribution < 1.29 is 8.42 Å². The molecule has 1 fully saturated rings. The molecule has 0 spiro atoms. The van der Waals surface area contributed by atoms with Gasteiger partial charge in [-0.1, -0.05) is 6.07 Å². The Morgan fingerprint density at radius 3 is 2.93 bits per heavy atom. The van der Waals surface area contributed by atoms with Crippen LogP contribution in [0.3, 0.4) is 0 Å². The molecule has 1 aliphatic rings. The number of nitrogens with one attached hydrogen (secondary N) is 1. The lowest BCUT2D eigenvalue weighted by molar-refractivity contribution is 0.602. The van der Waals surface area contributed by atoms with Crippen LogP contribution in [0.2, 0.25) is 0 Å². The van der Waals surface area contributed by atoms with Gasteiger partial charge in [-0.05, 0) is 25.0 Å². The van der Waals surface area contributed by atoms with Crippen molar-refractivity contribution >= 4 is 15.7 Å². The topological polar surface area (TPSA) is 59.1 Å². The van der Waals surface area contributed by atoms with Crippen molar-refractivity contribution in [1.82, 2.24) is 4.98 Å². The van der Waals surface area contributed by atoms with E-state index in [0.717, 1.165) is 11.4 Å². The van der Waals surface area contributed by atoms with Gasteiger partial charge in [-0.3, -0.25) is 0 Å². The number of sulfone groups is 1. The van der Waals surface area contributed by atoms with Gasteiger partial charge in [0.05, 0.1) is 11.5 Å². The average molecular weight is 226 g/mol. The summed E-state index contributed by atoms with van der Waals surface area (Å²) < 4.78 is 22.5. The van der Waals surface area contributed by atoms with Gasteiger partial charge in [-0.25, -0.2) is 13.4 Å². The molecule has 0 radical (unpaired) electrons. The Labute approximate surface area is 89.6 Å². The summed E-state index contributed by atoms with van der Waals surface area (Å²) in [5.41, 5.74) is 1.04. The van der Waals surface area contributed by atoms with Crippen molar-refractivity contribution in [3.8, 4) is 0 Å². The maximum Gasteiger partial charge on any atom is 0.152 e. The third-order valence-corrected chi connectivity index (χ3v) is 4.35. The standard InChI is InChI=1S/C10H14N2O2S/c1-8-3-2-5-11-10(8)12-9-4-6-15(13,14)7-9/h2-3,5,9H,4,6-7H2,1H3,(H,11,12). The first-order valence-corrected chi connectivity index (χ1v) is 6.77. The number of hydrogen-bond acceptors (Lipinski definition) is 4. The Hall–Kier alpha value is -1.10. The summed E-state index contributed by atoms with van der Waals surface area (Å²) in [4.78, 5) is 4.18. The number of aryl methyl sites for hydroxylation is 1. The van der Waals surface area contributed by atoms with Gasteiger partial charge in [0.2, 0.25) is 0 Å². The van der Waals surface area contributed by atoms with Gasteiger partial charge in [0, 0.05) is 12.2 Å². The molecule has 0 bridgehead atoms. The van der Waals surface area contributed by atoms with E-state index < -0.39 is 9.84 Å². The second-order valence-electron chi connectivity index (χ2n) is 3.91. The van der Waals surface area contributed by atoms with Crippen molar-refractivity contribution in [3.63, 3.8) is 0 Å². The normalized spacial score (nSPS) is 23.9. The first-order chi connectivity index (χ1) is 7.07. The molecule has 15 heavy (non-hydrogen) atoms. The number of pyridine rings is 1. The van der Waals surface area contributed by atoms with E-state index in [1.165, 1.54) is 0 Å². The maximum atomic E-state index is 11.3. The third-order valence-electron chi connectivity index (χ3n) is 2.58. The molecule has 4 nitrogen and oxygen atoms in total. The summed E-state index contributed by atoms with van der Waals surface area (Å²) in [5.74, 6) is 1.30. The molecule has 1 aromatic rings. The minimum Gasteiger partial charge on any atom is -0.366 e. The SMILES string of the molecule is Cc1cccnc1NC1CCS(=O)(=O)C1. The van der Waals surface area contributed by atoms with Gasteiger partial charge in [0.15, 0.2) is 9.84 Å². The number of aromatic nitrogens is 1. The van der Waals surface area contributed by atoms with E-state index in [1.807, 2.05) is 19.1 Å². The Morgan fingerprint density at radius 1 is 1.53 bits per heavy atom. The number of hydrogen-bond donors (Lipinski definition) is 1. The van der Waals surface area contributed by atoms with Crippen molar-refractivity contribution in [2.24, 2.45) is 0 Å². The van der Waals surface area contributed by atoms with Gasteiger partial charge in [-0.2, -0.15) is 0 Å². The fraction of sp³-hybridized carbons (Fsp3) is 0.500. The van der Waals surface area contributed by atoms with Crippen LogP contribution < -0.4 is 5.32 Å². The second kappa shape index (κ2) is 3.81. The fourth-order valence-corrected chi connectivity index (χ4v) is 3.41. The predicted octanol–water partition coefficient (Wildman–Crippen LogP) is 0.989. The molecule has 0 amide bonds. The molecule has 1 aromatic heterocycles. The Bertz CT molecular complexity index is 456. The van der Waals surface area contributed by atoms with E-state index in [2.05, 4.69) is 10.3 Å². The zero-order chi connectivity index (χ0) is 10.9. The Morgan fingerprint density at radius 2 is 2.33 bits per heavy atom. The molecular formula is C10H14N2O2S. The summed E-state index contributed by atoms with van der Waals surface area (Å²) in [5, 5.41) is 3.17. The zero-order valence-electron chi connectivity index (χ0n) is 8.60. The minimum absolute atomic E-state index is 0.0172. The van der Waals surface area contributed by atoms with E-state index in [9.17, 15) is 8.42 Å². The molecular weight excluding hydrogens is 212 g/mol. The van der Waals surface area contributed by atoms with Crippen LogP contribution in [-0.2, 0) is 9.84 Å². The first-order valence-electron chi connectivity index (χ1n) is 4.95. The van der Waals surface area contributed by atoms with Crippen molar-refractivity contribution in [3.05, 3.63) is 23.9 Å². The van der Waals surface area contributed by atoms with Crippen LogP contribution in [-0.4, -0.2) is 30.9 Å². The van der Waals surface area contributed by atoms with E-state index in [4.69, 9.17) is 0 Å². The molecule has 0 saturated carbocycles. The van der Waals surface area contributed by atoms with E-state index in [1.54, 1.807) is 6.20 Å². The molecule has 82 valence electrons. The van der Waals surface area contributed by atoms with Crippen LogP contribution in [0.1, 0.15) is 12.0 Å². The van der Waals surface area contributed by atoms with E-state index in [-0.39, 0.29) is 17.5 Å². The monoisotopic (exact) mass is 226 g/mol. The van der Waals surface area contributed by atoms with Crippen LogP contribution in [0.5, 0.6) is 0 Å². The molecule has 2 rings (SSSR count). The Kier molecular flexibility index (Phi) is 2.65. The summed E-state index contributed by atoms with van der Waals surface area (Å²) in [6.07, 6.45) is 2.39. The van der Waals surface area contributed by atoms with Crippen molar-refractivity contribution in [2.75, 3.05) is 16.8 Å². The highest BCUT2D eigenvalue weighted by atomic mass is 32.2. The first kappa shape index (κ1) is 10.4. The number of rotatable bonds is 2. The molecule has 1 N–H and O–H groups in total. The molecule has 2 heterocycles. The van der Waals surface area contributed by atoms with Gasteiger partial charge >= 0.3 is 0 Å². The summed E-state index contributed by atoms with van der Waals surface area (Å²) in [7, 11) is -2.82. The average Bonchev–Trinajstić information content (AvgIpc) is 2.50. The van der Waals surface area contributed by atoms with Crippen LogP contribution >= 0.6 is 0 Å². The molecule has 0 aliphatic carbocycles. The molecule has 5 heteroatoms. The van der Waals surface area contributed by atoms with Crippen LogP contribution in [0, 0.1) is 6.92 Å². The van der Waals surface area contributed by atoms with E-state index >= 15 is 0 Å². The van der Waals surface area contributed by atoms with Gasteiger partial charge < -0.3 is 5.32 Å². The lowest BCUT2D eigenvalue weighted by Gasteiger charge is -2.12. The predicted molar refractivity (Wildman–Crippen MR) is 59.7 cm³/mol. The smallest absolute Gasteiger partial charge is 0.152 e. The summed E-state index contributed by atoms with van der Waals surface area (Å²) >= 11 is 0. The maximum absolute atomic E-state index is 11.3. The third kappa shape index (κ3) is 2.47. The van der Waals surface area contributed by atoms with Gasteiger partial charge in [0.25, 0.3) is 0 Å². The zero-order valence-corrected chi connectivity index (χ0v) is 9.42. The molecule has 1 saturated heterocycles. The highest BCUT2D eigenvalue weighted by Gasteiger charge is 2.27. The quantitative estimate of drug-likeness (QED) is 0.817. The lowest BCUT2D eigenvalue weighted by atomic mass is 10.2. The van der Waals surface area contributed by atoms with Crippen LogP contribution in [0.4, 0.5) is 5.82 Å². The highest BCUT2D eigenvalue weighted by molar-refractivity contribution is 7.91. The number of nitrogens with zero attached hydrogens (tertiary/aromatic N) is 1. The molecule has 1 atom stereocenters. The van der Waals surface area contributed by atoms with Crippen molar-refractivity contribution in [1.29, 1.82) is 0 Å². The lowest BCUT2D eigenvalue weighted by Crippen LogP contribution is -2.21. The molecule has 0 aromatic carbocycles. The number of anilines is 1. The van der Waals surface area contributed by atoms with Crippen LogP contribution in [0.15, 0.2) is 18.3 Å². The minimum atomic E-state index is -2.82. The highest BCUT2D eigenvalue weighted by Crippen LogP contribution is 2.17. The summed E-state index contributed by atoms with van der Waals surface area (Å²) in [6.45, 7) is 1.96. The van der Waals surface area contributed by atoms with Gasteiger partial charge in [-0.15, -0.1) is 0 Å². The summed E-state index contributed by atoms with van der Waals surface area (Å²) in [6, 6.07) is 3.84. The second-order valence-corrected chi connectivity index (χ2v) is 6.14. The largest absolute Gasteiger partial charge is 0.366 e. The van der Waals surface area contributed by atoms with Crippen molar-refractivity contribution in [2.45, 2.75) is 19.4 Å². The molecule has 1 aliphatic heterocycles. The fourth-order valence-electron chi connectivity index (χ4n) is 1.74. The van der Waals surface area contributed by atoms with Gasteiger partial charge in [0.1, 0.15) is 5.82 Å². The molecule has 1 unspecified atom stereocenters. The Balaban J connectivity index is 2.08. The van der Waals surface area contributed by atoms with E-state index in [0.29, 0.717) is 6.42 Å². The van der Waals surface area contributed by atoms with Crippen LogP contribution in [0.25, 0.3) is 0 Å².